The van der Waals surface area contributed by atoms with Crippen LogP contribution < -0.4 is 0 Å². The van der Waals surface area contributed by atoms with Crippen molar-refractivity contribution in [3.63, 3.8) is 0 Å². The lowest BCUT2D eigenvalue weighted by Crippen LogP contribution is -2.18. The summed E-state index contributed by atoms with van der Waals surface area (Å²) in [5.74, 6) is -0.679. The number of ether oxygens (including phenoxy) is 1. The first-order valence-electron chi connectivity index (χ1n) is 5.97. The van der Waals surface area contributed by atoms with Crippen LogP contribution in [0.4, 0.5) is 0 Å². The van der Waals surface area contributed by atoms with Crippen LogP contribution in [0.15, 0.2) is 29.2 Å². The zero-order chi connectivity index (χ0) is 14.6. The van der Waals surface area contributed by atoms with Gasteiger partial charge in [0.15, 0.2) is 0 Å². The smallest absolute Gasteiger partial charge is 0.339 e. The number of esters is 1. The van der Waals surface area contributed by atoms with E-state index in [0.29, 0.717) is 0 Å². The van der Waals surface area contributed by atoms with Crippen LogP contribution >= 0.6 is 0 Å². The molecule has 0 radical (unpaired) electrons. The Morgan fingerprint density at radius 1 is 1.05 bits per heavy atom. The minimum absolute atomic E-state index is 0.0168. The lowest BCUT2D eigenvalue weighted by Gasteiger charge is -2.13. The van der Waals surface area contributed by atoms with Crippen molar-refractivity contribution in [2.75, 3.05) is 0 Å². The Kier molecular flexibility index (Phi) is 5.08. The Hall–Kier alpha value is -1.40. The molecule has 1 aromatic rings. The molecule has 0 N–H and O–H groups in total. The average molecular weight is 286 g/mol. The standard InChI is InChI=1S/C13H18O5S/c1-9(2)17-13(14)11-7-5-6-8-12(11)19(15,16)18-10(3)4/h5-10H,1-4H3. The summed E-state index contributed by atoms with van der Waals surface area (Å²) in [6, 6.07) is 5.84. The average Bonchev–Trinajstić information content (AvgIpc) is 2.26. The van der Waals surface area contributed by atoms with Crippen LogP contribution in [0.5, 0.6) is 0 Å². The first-order chi connectivity index (χ1) is 8.74. The molecular formula is C13H18O5S. The van der Waals surface area contributed by atoms with Crippen molar-refractivity contribution in [1.29, 1.82) is 0 Å². The zero-order valence-electron chi connectivity index (χ0n) is 11.4. The molecule has 0 heterocycles. The SMILES string of the molecule is CC(C)OC(=O)c1ccccc1S(=O)(=O)OC(C)C. The van der Waals surface area contributed by atoms with Crippen LogP contribution in [0.2, 0.25) is 0 Å². The van der Waals surface area contributed by atoms with E-state index >= 15 is 0 Å². The highest BCUT2D eigenvalue weighted by Crippen LogP contribution is 2.20. The van der Waals surface area contributed by atoms with E-state index in [4.69, 9.17) is 8.92 Å². The molecule has 0 saturated heterocycles. The van der Waals surface area contributed by atoms with Gasteiger partial charge >= 0.3 is 5.97 Å². The predicted molar refractivity (Wildman–Crippen MR) is 70.4 cm³/mol. The van der Waals surface area contributed by atoms with E-state index in [9.17, 15) is 13.2 Å². The Morgan fingerprint density at radius 2 is 1.63 bits per heavy atom. The molecule has 0 unspecified atom stereocenters. The quantitative estimate of drug-likeness (QED) is 0.614. The molecule has 0 aliphatic rings. The molecule has 106 valence electrons. The molecule has 0 atom stereocenters. The summed E-state index contributed by atoms with van der Waals surface area (Å²) in [6.07, 6.45) is -0.826. The normalized spacial score (nSPS) is 11.9. The zero-order valence-corrected chi connectivity index (χ0v) is 12.2. The van der Waals surface area contributed by atoms with Gasteiger partial charge in [0.1, 0.15) is 4.90 Å². The van der Waals surface area contributed by atoms with E-state index in [1.54, 1.807) is 33.8 Å². The molecule has 6 heteroatoms. The van der Waals surface area contributed by atoms with Crippen molar-refractivity contribution in [1.82, 2.24) is 0 Å². The summed E-state index contributed by atoms with van der Waals surface area (Å²) in [7, 11) is -3.97. The summed E-state index contributed by atoms with van der Waals surface area (Å²) < 4.78 is 33.9. The second kappa shape index (κ2) is 6.16. The molecule has 0 spiro atoms. The van der Waals surface area contributed by atoms with Gasteiger partial charge in [0, 0.05) is 0 Å². The third-order valence-electron chi connectivity index (χ3n) is 2.04. The molecule has 0 amide bonds. The fourth-order valence-electron chi connectivity index (χ4n) is 1.44. The second-order valence-electron chi connectivity index (χ2n) is 4.55. The fourth-order valence-corrected chi connectivity index (χ4v) is 2.71. The maximum absolute atomic E-state index is 12.0. The second-order valence-corrected chi connectivity index (χ2v) is 6.09. The van der Waals surface area contributed by atoms with Crippen molar-refractivity contribution in [2.24, 2.45) is 0 Å². The highest BCUT2D eigenvalue weighted by atomic mass is 32.2. The molecule has 0 bridgehead atoms. The van der Waals surface area contributed by atoms with Gasteiger partial charge in [0.25, 0.3) is 10.1 Å². The van der Waals surface area contributed by atoms with E-state index in [-0.39, 0.29) is 16.6 Å². The number of carbonyl (C=O) groups is 1. The van der Waals surface area contributed by atoms with Crippen LogP contribution in [-0.4, -0.2) is 26.6 Å². The predicted octanol–water partition coefficient (Wildman–Crippen LogP) is 2.37. The number of hydrogen-bond acceptors (Lipinski definition) is 5. The first-order valence-corrected chi connectivity index (χ1v) is 7.38. The summed E-state index contributed by atoms with van der Waals surface area (Å²) in [5.41, 5.74) is -0.0168. The lowest BCUT2D eigenvalue weighted by atomic mass is 10.2. The molecule has 0 fully saturated rings. The number of carbonyl (C=O) groups excluding carboxylic acids is 1. The molecule has 0 aliphatic heterocycles. The van der Waals surface area contributed by atoms with Gasteiger partial charge < -0.3 is 4.74 Å². The number of hydrogen-bond donors (Lipinski definition) is 0. The molecule has 0 aliphatic carbocycles. The minimum atomic E-state index is -3.97. The van der Waals surface area contributed by atoms with Crippen LogP contribution in [-0.2, 0) is 19.0 Å². The van der Waals surface area contributed by atoms with Gasteiger partial charge in [0.2, 0.25) is 0 Å². The van der Waals surface area contributed by atoms with E-state index in [1.165, 1.54) is 18.2 Å². The van der Waals surface area contributed by atoms with E-state index < -0.39 is 22.2 Å². The summed E-state index contributed by atoms with van der Waals surface area (Å²) in [5, 5.41) is 0. The van der Waals surface area contributed by atoms with Crippen LogP contribution in [0.25, 0.3) is 0 Å². The van der Waals surface area contributed by atoms with Gasteiger partial charge in [-0.2, -0.15) is 8.42 Å². The number of benzene rings is 1. The van der Waals surface area contributed by atoms with Crippen molar-refractivity contribution in [2.45, 2.75) is 44.8 Å². The third-order valence-corrected chi connectivity index (χ3v) is 3.57. The van der Waals surface area contributed by atoms with Crippen molar-refractivity contribution in [3.8, 4) is 0 Å². The van der Waals surface area contributed by atoms with Crippen molar-refractivity contribution < 1.29 is 22.1 Å². The topological polar surface area (TPSA) is 69.7 Å². The van der Waals surface area contributed by atoms with Crippen molar-refractivity contribution >= 4 is 16.1 Å². The highest BCUT2D eigenvalue weighted by Gasteiger charge is 2.25. The molecular weight excluding hydrogens is 268 g/mol. The fraction of sp³-hybridized carbons (Fsp3) is 0.462. The maximum Gasteiger partial charge on any atom is 0.339 e. The number of rotatable bonds is 5. The van der Waals surface area contributed by atoms with Gasteiger partial charge in [-0.15, -0.1) is 0 Å². The third kappa shape index (κ3) is 4.33. The Labute approximate surface area is 113 Å². The Bertz CT molecular complexity index is 546. The van der Waals surface area contributed by atoms with E-state index in [0.717, 1.165) is 0 Å². The largest absolute Gasteiger partial charge is 0.459 e. The van der Waals surface area contributed by atoms with Crippen LogP contribution in [0, 0.1) is 0 Å². The van der Waals surface area contributed by atoms with Gasteiger partial charge in [-0.1, -0.05) is 12.1 Å². The first kappa shape index (κ1) is 15.7. The molecule has 5 nitrogen and oxygen atoms in total. The van der Waals surface area contributed by atoms with Crippen LogP contribution in [0.1, 0.15) is 38.1 Å². The molecule has 0 saturated carbocycles. The van der Waals surface area contributed by atoms with Gasteiger partial charge in [0.05, 0.1) is 17.8 Å². The summed E-state index contributed by atoms with van der Waals surface area (Å²) in [4.78, 5) is 11.7. The summed E-state index contributed by atoms with van der Waals surface area (Å²) in [6.45, 7) is 6.60. The lowest BCUT2D eigenvalue weighted by molar-refractivity contribution is 0.0372. The maximum atomic E-state index is 12.0. The monoisotopic (exact) mass is 286 g/mol. The van der Waals surface area contributed by atoms with E-state index in [2.05, 4.69) is 0 Å². The molecule has 1 aromatic carbocycles. The highest BCUT2D eigenvalue weighted by molar-refractivity contribution is 7.86. The van der Waals surface area contributed by atoms with Gasteiger partial charge in [-0.25, -0.2) is 4.79 Å². The van der Waals surface area contributed by atoms with Crippen molar-refractivity contribution in [3.05, 3.63) is 29.8 Å². The Morgan fingerprint density at radius 3 is 2.16 bits per heavy atom. The molecule has 1 rings (SSSR count). The minimum Gasteiger partial charge on any atom is -0.459 e. The summed E-state index contributed by atoms with van der Waals surface area (Å²) >= 11 is 0. The molecule has 0 aromatic heterocycles. The van der Waals surface area contributed by atoms with Gasteiger partial charge in [-0.3, -0.25) is 4.18 Å². The molecule has 19 heavy (non-hydrogen) atoms. The van der Waals surface area contributed by atoms with Gasteiger partial charge in [-0.05, 0) is 39.8 Å². The van der Waals surface area contributed by atoms with Crippen LogP contribution in [0.3, 0.4) is 0 Å². The van der Waals surface area contributed by atoms with E-state index in [1.807, 2.05) is 0 Å². The Balaban J connectivity index is 3.19.